The highest BCUT2D eigenvalue weighted by Crippen LogP contribution is 2.36. The van der Waals surface area contributed by atoms with Crippen molar-refractivity contribution < 1.29 is 19.1 Å². The molecule has 0 aliphatic carbocycles. The highest BCUT2D eigenvalue weighted by Gasteiger charge is 2.46. The smallest absolute Gasteiger partial charge is 0.410 e. The van der Waals surface area contributed by atoms with Gasteiger partial charge in [0.1, 0.15) is 16.0 Å². The number of ether oxygens (including phenoxy) is 2. The second-order valence-electron chi connectivity index (χ2n) is 10.6. The van der Waals surface area contributed by atoms with E-state index < -0.39 is 16.4 Å². The Morgan fingerprint density at radius 2 is 1.95 bits per heavy atom. The van der Waals surface area contributed by atoms with E-state index in [1.54, 1.807) is 11.1 Å². The second kappa shape index (κ2) is 10.2. The van der Waals surface area contributed by atoms with Crippen LogP contribution >= 0.6 is 11.8 Å². The molecule has 1 aliphatic heterocycles. The van der Waals surface area contributed by atoms with Crippen LogP contribution in [0.3, 0.4) is 0 Å². The molecule has 0 radical (unpaired) electrons. The van der Waals surface area contributed by atoms with Crippen LogP contribution in [-0.2, 0) is 16.6 Å². The highest BCUT2D eigenvalue weighted by atomic mass is 32.2. The number of carbonyl (C=O) groups is 2. The van der Waals surface area contributed by atoms with Gasteiger partial charge in [0.25, 0.3) is 0 Å². The lowest BCUT2D eigenvalue weighted by Gasteiger charge is -2.28. The number of nitrogens with zero attached hydrogens (tertiary/aromatic N) is 4. The van der Waals surface area contributed by atoms with Crippen LogP contribution in [0.5, 0.6) is 5.88 Å². The van der Waals surface area contributed by atoms with Gasteiger partial charge >= 0.3 is 6.09 Å². The van der Waals surface area contributed by atoms with Crippen LogP contribution in [-0.4, -0.2) is 67.5 Å². The van der Waals surface area contributed by atoms with Gasteiger partial charge in [-0.25, -0.2) is 9.78 Å². The SMILES string of the molecule is CS[C@@]1(C(=O)Nc2ccc3c(c2)c(-c2ccc(OC(C)C)nc2)nn3C)CCN(C(=O)OC(C)(C)C)C1. The van der Waals surface area contributed by atoms with E-state index in [2.05, 4.69) is 10.3 Å². The van der Waals surface area contributed by atoms with Gasteiger partial charge in [-0.15, -0.1) is 11.8 Å². The number of carbonyl (C=O) groups excluding carboxylic acids is 2. The molecule has 0 bridgehead atoms. The van der Waals surface area contributed by atoms with E-state index in [4.69, 9.17) is 14.6 Å². The molecule has 10 heteroatoms. The first-order chi connectivity index (χ1) is 17.4. The second-order valence-corrected chi connectivity index (χ2v) is 11.8. The zero-order valence-electron chi connectivity index (χ0n) is 22.5. The number of benzene rings is 1. The third-order valence-corrected chi connectivity index (χ3v) is 7.46. The maximum Gasteiger partial charge on any atom is 0.410 e. The Labute approximate surface area is 221 Å². The molecule has 0 unspecified atom stereocenters. The fourth-order valence-corrected chi connectivity index (χ4v) is 5.16. The van der Waals surface area contributed by atoms with Gasteiger partial charge in [0.05, 0.1) is 11.6 Å². The third-order valence-electron chi connectivity index (χ3n) is 6.16. The standard InChI is InChI=1S/C27H35N5O4S/c1-17(2)35-22-11-8-18(15-28-22)23-20-14-19(9-10-21(20)31(6)30-23)29-24(33)27(37-7)12-13-32(16-27)25(34)36-26(3,4)5/h8-11,14-15,17H,12-13,16H2,1-7H3,(H,29,33)/t27-/m0/s1. The zero-order chi connectivity index (χ0) is 27.0. The number of fused-ring (bicyclic) bond motifs is 1. The van der Waals surface area contributed by atoms with Gasteiger partial charge in [0.2, 0.25) is 11.8 Å². The lowest BCUT2D eigenvalue weighted by atomic mass is 10.1. The number of rotatable bonds is 6. The maximum atomic E-state index is 13.5. The van der Waals surface area contributed by atoms with E-state index in [9.17, 15) is 9.59 Å². The molecule has 1 aliphatic rings. The Morgan fingerprint density at radius 1 is 1.19 bits per heavy atom. The number of aryl methyl sites for hydroxylation is 1. The van der Waals surface area contributed by atoms with Gasteiger partial charge in [-0.05, 0) is 71.6 Å². The van der Waals surface area contributed by atoms with Gasteiger partial charge < -0.3 is 19.7 Å². The summed E-state index contributed by atoms with van der Waals surface area (Å²) in [4.78, 5) is 32.1. The van der Waals surface area contributed by atoms with Crippen LogP contribution < -0.4 is 10.1 Å². The van der Waals surface area contributed by atoms with Crippen LogP contribution in [0.25, 0.3) is 22.2 Å². The molecule has 1 saturated heterocycles. The van der Waals surface area contributed by atoms with E-state index in [-0.39, 0.29) is 12.0 Å². The van der Waals surface area contributed by atoms with Gasteiger partial charge in [-0.1, -0.05) is 0 Å². The molecular weight excluding hydrogens is 490 g/mol. The van der Waals surface area contributed by atoms with Gasteiger partial charge in [-0.2, -0.15) is 5.10 Å². The summed E-state index contributed by atoms with van der Waals surface area (Å²) in [7, 11) is 1.89. The van der Waals surface area contributed by atoms with Crippen molar-refractivity contribution >= 4 is 40.4 Å². The third kappa shape index (κ3) is 5.84. The molecule has 3 aromatic rings. The molecule has 1 aromatic carbocycles. The van der Waals surface area contributed by atoms with Crippen molar-refractivity contribution in [1.82, 2.24) is 19.7 Å². The Kier molecular flexibility index (Phi) is 7.41. The first kappa shape index (κ1) is 26.8. The fraction of sp³-hybridized carbons (Fsp3) is 0.481. The minimum atomic E-state index is -0.750. The Hall–Kier alpha value is -3.27. The first-order valence-corrected chi connectivity index (χ1v) is 13.6. The maximum absolute atomic E-state index is 13.5. The van der Waals surface area contributed by atoms with Crippen molar-refractivity contribution in [2.45, 2.75) is 57.5 Å². The number of thioether (sulfide) groups is 1. The molecule has 0 spiro atoms. The molecule has 37 heavy (non-hydrogen) atoms. The minimum Gasteiger partial charge on any atom is -0.475 e. The van der Waals surface area contributed by atoms with E-state index in [1.165, 1.54) is 11.8 Å². The van der Waals surface area contributed by atoms with E-state index in [0.29, 0.717) is 31.1 Å². The minimum absolute atomic E-state index is 0.0425. The van der Waals surface area contributed by atoms with Crippen LogP contribution in [0.4, 0.5) is 10.5 Å². The summed E-state index contributed by atoms with van der Waals surface area (Å²) < 4.78 is 12.2. The number of hydrogen-bond donors (Lipinski definition) is 1. The quantitative estimate of drug-likeness (QED) is 0.478. The zero-order valence-corrected chi connectivity index (χ0v) is 23.3. The molecule has 3 heterocycles. The summed E-state index contributed by atoms with van der Waals surface area (Å²) in [6, 6.07) is 9.52. The number of hydrogen-bond acceptors (Lipinski definition) is 7. The molecule has 2 aromatic heterocycles. The normalized spacial score (nSPS) is 17.9. The number of nitrogens with one attached hydrogen (secondary N) is 1. The van der Waals surface area contributed by atoms with Gasteiger partial charge in [0, 0.05) is 49.0 Å². The van der Waals surface area contributed by atoms with Crippen LogP contribution in [0, 0.1) is 0 Å². The summed E-state index contributed by atoms with van der Waals surface area (Å²) in [6.07, 6.45) is 3.85. The molecule has 0 saturated carbocycles. The van der Waals surface area contributed by atoms with Crippen molar-refractivity contribution in [3.05, 3.63) is 36.5 Å². The lowest BCUT2D eigenvalue weighted by molar-refractivity contribution is -0.118. The topological polar surface area (TPSA) is 98.6 Å². The fourth-order valence-electron chi connectivity index (χ4n) is 4.34. The lowest BCUT2D eigenvalue weighted by Crippen LogP contribution is -2.44. The molecule has 1 fully saturated rings. The number of likely N-dealkylation sites (tertiary alicyclic amines) is 1. The van der Waals surface area contributed by atoms with E-state index >= 15 is 0 Å². The summed E-state index contributed by atoms with van der Waals surface area (Å²) in [5.41, 5.74) is 2.65. The number of amides is 2. The Morgan fingerprint density at radius 3 is 2.57 bits per heavy atom. The summed E-state index contributed by atoms with van der Waals surface area (Å²) >= 11 is 1.46. The predicted molar refractivity (Wildman–Crippen MR) is 147 cm³/mol. The molecule has 1 N–H and O–H groups in total. The molecule has 198 valence electrons. The molecule has 9 nitrogen and oxygen atoms in total. The molecule has 1 atom stereocenters. The predicted octanol–water partition coefficient (Wildman–Crippen LogP) is 5.10. The highest BCUT2D eigenvalue weighted by molar-refractivity contribution is 8.00. The van der Waals surface area contributed by atoms with Crippen molar-refractivity contribution in [3.8, 4) is 17.1 Å². The van der Waals surface area contributed by atoms with Crippen molar-refractivity contribution in [1.29, 1.82) is 0 Å². The average Bonchev–Trinajstić information content (AvgIpc) is 3.41. The average molecular weight is 526 g/mol. The summed E-state index contributed by atoms with van der Waals surface area (Å²) in [5, 5.41) is 8.68. The first-order valence-electron chi connectivity index (χ1n) is 12.4. The van der Waals surface area contributed by atoms with Gasteiger partial charge in [-0.3, -0.25) is 9.48 Å². The van der Waals surface area contributed by atoms with Crippen molar-refractivity contribution in [2.75, 3.05) is 24.7 Å². The number of anilines is 1. The summed E-state index contributed by atoms with van der Waals surface area (Å²) in [5.74, 6) is 0.430. The number of pyridine rings is 1. The van der Waals surface area contributed by atoms with E-state index in [0.717, 1.165) is 22.2 Å². The Balaban J connectivity index is 1.55. The Bertz CT molecular complexity index is 1300. The molecule has 4 rings (SSSR count). The van der Waals surface area contributed by atoms with Crippen molar-refractivity contribution in [2.24, 2.45) is 7.05 Å². The van der Waals surface area contributed by atoms with E-state index in [1.807, 2.05) is 82.9 Å². The van der Waals surface area contributed by atoms with Gasteiger partial charge in [0.15, 0.2) is 0 Å². The molecule has 2 amide bonds. The van der Waals surface area contributed by atoms with Crippen LogP contribution in [0.1, 0.15) is 41.0 Å². The largest absolute Gasteiger partial charge is 0.475 e. The van der Waals surface area contributed by atoms with Crippen LogP contribution in [0.15, 0.2) is 36.5 Å². The molecular formula is C27H35N5O4S. The summed E-state index contributed by atoms with van der Waals surface area (Å²) in [6.45, 7) is 10.2. The number of aromatic nitrogens is 3. The van der Waals surface area contributed by atoms with Crippen molar-refractivity contribution in [3.63, 3.8) is 0 Å². The van der Waals surface area contributed by atoms with Crippen LogP contribution in [0.2, 0.25) is 0 Å². The monoisotopic (exact) mass is 525 g/mol.